The van der Waals surface area contributed by atoms with Crippen LogP contribution < -0.4 is 5.73 Å². The molecule has 0 saturated carbocycles. The fourth-order valence-corrected chi connectivity index (χ4v) is 2.32. The molecule has 0 spiro atoms. The van der Waals surface area contributed by atoms with E-state index in [1.165, 1.54) is 0 Å². The molecule has 1 aromatic heterocycles. The van der Waals surface area contributed by atoms with Crippen LogP contribution in [0.5, 0.6) is 0 Å². The Morgan fingerprint density at radius 1 is 1.56 bits per heavy atom. The number of carbonyl (C=O) groups is 1. The Labute approximate surface area is 108 Å². The first-order chi connectivity index (χ1) is 8.63. The van der Waals surface area contributed by atoms with Crippen molar-refractivity contribution in [3.8, 4) is 0 Å². The number of aromatic nitrogens is 1. The van der Waals surface area contributed by atoms with Gasteiger partial charge in [-0.15, -0.1) is 0 Å². The molecule has 0 aliphatic carbocycles. The molecule has 98 valence electrons. The number of likely N-dealkylation sites (N-methyl/N-ethyl adjacent to an activating group) is 1. The summed E-state index contributed by atoms with van der Waals surface area (Å²) in [6.07, 6.45) is 2.65. The van der Waals surface area contributed by atoms with E-state index in [1.54, 1.807) is 18.3 Å². The third-order valence-electron chi connectivity index (χ3n) is 3.58. The summed E-state index contributed by atoms with van der Waals surface area (Å²) in [6.45, 7) is 4.53. The van der Waals surface area contributed by atoms with Crippen LogP contribution in [0.4, 0.5) is 5.69 Å². The first-order valence-corrected chi connectivity index (χ1v) is 6.33. The zero-order valence-corrected chi connectivity index (χ0v) is 11.0. The molecule has 1 unspecified atom stereocenters. The molecule has 1 saturated heterocycles. The van der Waals surface area contributed by atoms with Crippen LogP contribution in [0.3, 0.4) is 0 Å². The van der Waals surface area contributed by atoms with Gasteiger partial charge in [0, 0.05) is 31.9 Å². The zero-order chi connectivity index (χ0) is 13.1. The molecule has 1 aliphatic rings. The molecule has 1 aliphatic heterocycles. The lowest BCUT2D eigenvalue weighted by Gasteiger charge is -2.39. The van der Waals surface area contributed by atoms with Crippen molar-refractivity contribution in [2.24, 2.45) is 0 Å². The van der Waals surface area contributed by atoms with Gasteiger partial charge in [0.1, 0.15) is 0 Å². The third kappa shape index (κ3) is 2.46. The maximum Gasteiger partial charge on any atom is 0.274 e. The van der Waals surface area contributed by atoms with Gasteiger partial charge in [-0.2, -0.15) is 0 Å². The minimum absolute atomic E-state index is 0.0559. The highest BCUT2D eigenvalue weighted by Crippen LogP contribution is 2.15. The Balaban J connectivity index is 2.13. The summed E-state index contributed by atoms with van der Waals surface area (Å²) < 4.78 is 0. The van der Waals surface area contributed by atoms with Crippen LogP contribution in [0.25, 0.3) is 0 Å². The van der Waals surface area contributed by atoms with Crippen molar-refractivity contribution >= 4 is 11.6 Å². The molecule has 1 atom stereocenters. The number of carbonyl (C=O) groups excluding carboxylic acids is 1. The van der Waals surface area contributed by atoms with Crippen molar-refractivity contribution in [3.63, 3.8) is 0 Å². The average molecular weight is 248 g/mol. The fraction of sp³-hybridized carbons (Fsp3) is 0.538. The number of nitrogens with two attached hydrogens (primary N) is 1. The molecule has 0 radical (unpaired) electrons. The number of anilines is 1. The number of nitrogen functional groups attached to an aromatic ring is 1. The van der Waals surface area contributed by atoms with Gasteiger partial charge < -0.3 is 10.6 Å². The van der Waals surface area contributed by atoms with Crippen molar-refractivity contribution in [3.05, 3.63) is 24.0 Å². The van der Waals surface area contributed by atoms with E-state index in [0.29, 0.717) is 17.4 Å². The van der Waals surface area contributed by atoms with E-state index in [0.717, 1.165) is 26.1 Å². The number of amides is 1. The van der Waals surface area contributed by atoms with Crippen molar-refractivity contribution < 1.29 is 4.79 Å². The van der Waals surface area contributed by atoms with E-state index >= 15 is 0 Å². The van der Waals surface area contributed by atoms with Crippen molar-refractivity contribution in [1.29, 1.82) is 0 Å². The molecule has 0 bridgehead atoms. The number of hydrogen-bond acceptors (Lipinski definition) is 4. The van der Waals surface area contributed by atoms with E-state index in [9.17, 15) is 4.79 Å². The molecule has 2 heterocycles. The summed E-state index contributed by atoms with van der Waals surface area (Å²) in [6, 6.07) is 3.88. The molecule has 5 nitrogen and oxygen atoms in total. The lowest BCUT2D eigenvalue weighted by molar-refractivity contribution is 0.0537. The minimum Gasteiger partial charge on any atom is -0.397 e. The van der Waals surface area contributed by atoms with Gasteiger partial charge in [-0.05, 0) is 25.6 Å². The highest BCUT2D eigenvalue weighted by Gasteiger charge is 2.28. The lowest BCUT2D eigenvalue weighted by atomic mass is 10.1. The summed E-state index contributed by atoms with van der Waals surface area (Å²) in [5.74, 6) is -0.0559. The van der Waals surface area contributed by atoms with E-state index < -0.39 is 0 Å². The van der Waals surface area contributed by atoms with E-state index in [-0.39, 0.29) is 5.91 Å². The van der Waals surface area contributed by atoms with Crippen LogP contribution in [0.1, 0.15) is 23.8 Å². The first-order valence-electron chi connectivity index (χ1n) is 6.33. The number of piperazine rings is 1. The number of rotatable bonds is 2. The quantitative estimate of drug-likeness (QED) is 0.842. The molecule has 1 amide bonds. The normalized spacial score (nSPS) is 21.0. The molecule has 0 aromatic carbocycles. The fourth-order valence-electron chi connectivity index (χ4n) is 2.32. The summed E-state index contributed by atoms with van der Waals surface area (Å²) >= 11 is 0. The third-order valence-corrected chi connectivity index (χ3v) is 3.58. The second-order valence-electron chi connectivity index (χ2n) is 4.74. The van der Waals surface area contributed by atoms with Gasteiger partial charge in [-0.25, -0.2) is 4.98 Å². The van der Waals surface area contributed by atoms with Crippen molar-refractivity contribution in [2.75, 3.05) is 32.4 Å². The predicted molar refractivity (Wildman–Crippen MR) is 71.3 cm³/mol. The lowest BCUT2D eigenvalue weighted by Crippen LogP contribution is -2.53. The predicted octanol–water partition coefficient (Wildman–Crippen LogP) is 0.830. The molecule has 1 aromatic rings. The summed E-state index contributed by atoms with van der Waals surface area (Å²) in [5, 5.41) is 0. The SMILES string of the molecule is CCC1CN(C(=O)c2ncccc2N)CCN1C. The van der Waals surface area contributed by atoms with Crippen molar-refractivity contribution in [2.45, 2.75) is 19.4 Å². The topological polar surface area (TPSA) is 62.5 Å². The highest BCUT2D eigenvalue weighted by atomic mass is 16.2. The Hall–Kier alpha value is -1.62. The minimum atomic E-state index is -0.0559. The number of pyridine rings is 1. The molecule has 5 heteroatoms. The Morgan fingerprint density at radius 2 is 2.33 bits per heavy atom. The summed E-state index contributed by atoms with van der Waals surface area (Å²) in [5.41, 5.74) is 6.63. The largest absolute Gasteiger partial charge is 0.397 e. The van der Waals surface area contributed by atoms with E-state index in [2.05, 4.69) is 23.9 Å². The highest BCUT2D eigenvalue weighted by molar-refractivity contribution is 5.97. The van der Waals surface area contributed by atoms with Gasteiger partial charge in [0.2, 0.25) is 0 Å². The zero-order valence-electron chi connectivity index (χ0n) is 11.0. The molecular formula is C13H20N4O. The maximum atomic E-state index is 12.4. The van der Waals surface area contributed by atoms with Gasteiger partial charge in [0.15, 0.2) is 5.69 Å². The maximum absolute atomic E-state index is 12.4. The second-order valence-corrected chi connectivity index (χ2v) is 4.74. The Kier molecular flexibility index (Phi) is 3.81. The van der Waals surface area contributed by atoms with E-state index in [1.807, 2.05) is 4.90 Å². The first kappa shape index (κ1) is 12.8. The second kappa shape index (κ2) is 5.35. The van der Waals surface area contributed by atoms with Gasteiger partial charge in [-0.1, -0.05) is 6.92 Å². The Morgan fingerprint density at radius 3 is 3.00 bits per heavy atom. The van der Waals surface area contributed by atoms with Crippen LogP contribution in [0.2, 0.25) is 0 Å². The average Bonchev–Trinajstić information content (AvgIpc) is 2.39. The molecular weight excluding hydrogens is 228 g/mol. The van der Waals surface area contributed by atoms with Gasteiger partial charge in [0.05, 0.1) is 5.69 Å². The smallest absolute Gasteiger partial charge is 0.274 e. The van der Waals surface area contributed by atoms with Crippen LogP contribution >= 0.6 is 0 Å². The monoisotopic (exact) mass is 248 g/mol. The van der Waals surface area contributed by atoms with Crippen molar-refractivity contribution in [1.82, 2.24) is 14.8 Å². The van der Waals surface area contributed by atoms with Crippen LogP contribution in [-0.4, -0.2) is 53.4 Å². The van der Waals surface area contributed by atoms with Crippen LogP contribution in [-0.2, 0) is 0 Å². The molecule has 1 fully saturated rings. The molecule has 2 rings (SSSR count). The van der Waals surface area contributed by atoms with Crippen LogP contribution in [0.15, 0.2) is 18.3 Å². The number of hydrogen-bond donors (Lipinski definition) is 1. The summed E-state index contributed by atoms with van der Waals surface area (Å²) in [7, 11) is 2.10. The van der Waals surface area contributed by atoms with E-state index in [4.69, 9.17) is 5.73 Å². The standard InChI is InChI=1S/C13H20N4O/c1-3-10-9-17(8-7-16(10)2)13(18)12-11(14)5-4-6-15-12/h4-6,10H,3,7-9,14H2,1-2H3. The molecule has 18 heavy (non-hydrogen) atoms. The summed E-state index contributed by atoms with van der Waals surface area (Å²) in [4.78, 5) is 20.6. The van der Waals surface area contributed by atoms with Gasteiger partial charge in [0.25, 0.3) is 5.91 Å². The van der Waals surface area contributed by atoms with Gasteiger partial charge >= 0.3 is 0 Å². The number of nitrogens with zero attached hydrogens (tertiary/aromatic N) is 3. The Bertz CT molecular complexity index is 435. The molecule has 2 N–H and O–H groups in total. The van der Waals surface area contributed by atoms with Crippen LogP contribution in [0, 0.1) is 0 Å². The van der Waals surface area contributed by atoms with Gasteiger partial charge in [-0.3, -0.25) is 9.69 Å².